The van der Waals surface area contributed by atoms with Crippen LogP contribution >= 0.6 is 11.3 Å². The molecule has 0 saturated heterocycles. The third-order valence-electron chi connectivity index (χ3n) is 7.89. The van der Waals surface area contributed by atoms with Crippen LogP contribution in [-0.4, -0.2) is 22.1 Å². The minimum atomic E-state index is -0.681. The molecule has 7 rings (SSSR count). The Hall–Kier alpha value is -5.47. The van der Waals surface area contributed by atoms with Crippen molar-refractivity contribution >= 4 is 39.9 Å². The number of nitrogens with zero attached hydrogens (tertiary/aromatic N) is 2. The first-order chi connectivity index (χ1) is 22.0. The molecular weight excluding hydrogens is 580 g/mol. The first-order valence-electron chi connectivity index (χ1n) is 14.8. The molecule has 6 aromatic rings. The number of carbonyl (C=O) groups excluding carboxylic acids is 1. The second-order valence-corrected chi connectivity index (χ2v) is 11.7. The lowest BCUT2D eigenvalue weighted by atomic mass is 9.95. The fraction of sp³-hybridized carbons (Fsp3) is 0.108. The summed E-state index contributed by atoms with van der Waals surface area (Å²) in [6.07, 6.45) is 1.95. The van der Waals surface area contributed by atoms with E-state index in [1.807, 2.05) is 111 Å². The molecule has 8 heteroatoms. The number of aromatic amines is 1. The van der Waals surface area contributed by atoms with Crippen molar-refractivity contribution in [2.75, 3.05) is 11.9 Å². The van der Waals surface area contributed by atoms with Crippen molar-refractivity contribution in [2.45, 2.75) is 19.9 Å². The van der Waals surface area contributed by atoms with Gasteiger partial charge in [0.05, 0.1) is 34.1 Å². The molecule has 4 aromatic carbocycles. The number of hydrogen-bond acceptors (Lipinski definition) is 5. The van der Waals surface area contributed by atoms with Gasteiger partial charge in [0.25, 0.3) is 11.5 Å². The number of rotatable bonds is 7. The number of nitrogens with one attached hydrogen (secondary N) is 2. The molecule has 0 aliphatic carbocycles. The number of thiazole rings is 1. The van der Waals surface area contributed by atoms with Crippen LogP contribution in [0.5, 0.6) is 5.75 Å². The molecule has 0 radical (unpaired) electrons. The second-order valence-electron chi connectivity index (χ2n) is 10.7. The van der Waals surface area contributed by atoms with E-state index in [-0.39, 0.29) is 11.5 Å². The van der Waals surface area contributed by atoms with Crippen LogP contribution in [0.3, 0.4) is 0 Å². The van der Waals surface area contributed by atoms with E-state index < -0.39 is 6.04 Å². The minimum absolute atomic E-state index is 0.209. The number of allylic oxidation sites excluding steroid dienone is 1. The number of H-pyrrole nitrogens is 1. The Labute approximate surface area is 263 Å². The number of para-hydroxylation sites is 2. The van der Waals surface area contributed by atoms with E-state index in [1.165, 1.54) is 11.3 Å². The Morgan fingerprint density at radius 1 is 0.956 bits per heavy atom. The molecular formula is C37H30N4O3S. The Bertz CT molecular complexity index is 2250. The van der Waals surface area contributed by atoms with Crippen molar-refractivity contribution in [3.63, 3.8) is 0 Å². The number of ether oxygens (including phenoxy) is 1. The Morgan fingerprint density at radius 3 is 2.38 bits per heavy atom. The zero-order valence-corrected chi connectivity index (χ0v) is 25.6. The number of aromatic nitrogens is 2. The molecule has 3 heterocycles. The number of amides is 1. The van der Waals surface area contributed by atoms with Gasteiger partial charge in [-0.1, -0.05) is 90.2 Å². The summed E-state index contributed by atoms with van der Waals surface area (Å²) in [6, 6.07) is 34.3. The van der Waals surface area contributed by atoms with Gasteiger partial charge in [-0.15, -0.1) is 0 Å². The van der Waals surface area contributed by atoms with Crippen LogP contribution in [0.1, 0.15) is 31.0 Å². The van der Waals surface area contributed by atoms with Gasteiger partial charge in [0.2, 0.25) is 0 Å². The summed E-state index contributed by atoms with van der Waals surface area (Å²) in [6.45, 7) is 4.30. The van der Waals surface area contributed by atoms with Crippen LogP contribution in [0.2, 0.25) is 0 Å². The van der Waals surface area contributed by atoms with Gasteiger partial charge in [-0.25, -0.2) is 4.99 Å². The Balaban J connectivity index is 1.41. The minimum Gasteiger partial charge on any atom is -0.494 e. The maximum Gasteiger partial charge on any atom is 0.271 e. The molecule has 0 bridgehead atoms. The molecule has 2 aromatic heterocycles. The van der Waals surface area contributed by atoms with Gasteiger partial charge < -0.3 is 15.0 Å². The topological polar surface area (TPSA) is 88.5 Å². The Kier molecular flexibility index (Phi) is 7.49. The fourth-order valence-corrected chi connectivity index (χ4v) is 6.87. The molecule has 0 fully saturated rings. The lowest BCUT2D eigenvalue weighted by Crippen LogP contribution is -2.40. The SMILES string of the molecule is CCOc1ccc([C@H]2C(C(=O)Nc3ccccc3)=C(C)N=c3s/c(=C\c4c(-c5ccccc5)[nH]c5ccccc45)c(=O)n32)cc1. The molecule has 1 aliphatic heterocycles. The zero-order valence-electron chi connectivity index (χ0n) is 24.8. The van der Waals surface area contributed by atoms with Crippen LogP contribution in [0.25, 0.3) is 28.2 Å². The zero-order chi connectivity index (χ0) is 30.9. The quantitative estimate of drug-likeness (QED) is 0.219. The number of fused-ring (bicyclic) bond motifs is 2. The van der Waals surface area contributed by atoms with E-state index >= 15 is 0 Å². The van der Waals surface area contributed by atoms with Crippen LogP contribution in [0.15, 0.2) is 130 Å². The van der Waals surface area contributed by atoms with Gasteiger partial charge in [0, 0.05) is 22.2 Å². The highest BCUT2D eigenvalue weighted by Crippen LogP contribution is 2.33. The van der Waals surface area contributed by atoms with E-state index in [2.05, 4.69) is 28.5 Å². The van der Waals surface area contributed by atoms with E-state index in [9.17, 15) is 9.59 Å². The molecule has 1 aliphatic rings. The average molecular weight is 611 g/mol. The van der Waals surface area contributed by atoms with E-state index in [4.69, 9.17) is 9.73 Å². The molecule has 0 spiro atoms. The predicted octanol–water partition coefficient (Wildman–Crippen LogP) is 6.42. The third-order valence-corrected chi connectivity index (χ3v) is 8.87. The van der Waals surface area contributed by atoms with Crippen molar-refractivity contribution in [2.24, 2.45) is 4.99 Å². The van der Waals surface area contributed by atoms with Crippen molar-refractivity contribution in [1.82, 2.24) is 9.55 Å². The summed E-state index contributed by atoms with van der Waals surface area (Å²) in [4.78, 5) is 37.2. The highest BCUT2D eigenvalue weighted by Gasteiger charge is 2.32. The highest BCUT2D eigenvalue weighted by molar-refractivity contribution is 7.07. The van der Waals surface area contributed by atoms with Crippen molar-refractivity contribution in [3.05, 3.63) is 151 Å². The standard InChI is InChI=1S/C37H30N4O3S/c1-3-44-27-20-18-25(19-21-27)34-32(35(42)39-26-14-8-5-9-15-26)23(2)38-37-41(34)36(43)31(45-37)22-29-28-16-10-11-17-30(28)40-33(29)24-12-6-4-7-13-24/h4-22,34,40H,3H2,1-2H3,(H,39,42)/b31-22-/t34-/m0/s1. The van der Waals surface area contributed by atoms with Gasteiger partial charge in [-0.3, -0.25) is 14.2 Å². The average Bonchev–Trinajstić information content (AvgIpc) is 3.58. The van der Waals surface area contributed by atoms with Crippen molar-refractivity contribution < 1.29 is 9.53 Å². The van der Waals surface area contributed by atoms with Crippen LogP contribution in [0, 0.1) is 0 Å². The third kappa shape index (κ3) is 5.30. The largest absolute Gasteiger partial charge is 0.494 e. The number of carbonyl (C=O) groups is 1. The van der Waals surface area contributed by atoms with Gasteiger partial charge in [0.15, 0.2) is 4.80 Å². The Morgan fingerprint density at radius 2 is 1.64 bits per heavy atom. The summed E-state index contributed by atoms with van der Waals surface area (Å²) in [7, 11) is 0. The van der Waals surface area contributed by atoms with Crippen LogP contribution < -0.4 is 24.9 Å². The summed E-state index contributed by atoms with van der Waals surface area (Å²) in [5, 5.41) is 4.03. The van der Waals surface area contributed by atoms with E-state index in [0.29, 0.717) is 32.9 Å². The van der Waals surface area contributed by atoms with Gasteiger partial charge in [0.1, 0.15) is 5.75 Å². The van der Waals surface area contributed by atoms with Crippen LogP contribution in [-0.2, 0) is 4.79 Å². The van der Waals surface area contributed by atoms with Gasteiger partial charge in [-0.2, -0.15) is 0 Å². The summed E-state index contributed by atoms with van der Waals surface area (Å²) in [5.41, 5.74) is 6.09. The van der Waals surface area contributed by atoms with Crippen LogP contribution in [0.4, 0.5) is 5.69 Å². The van der Waals surface area contributed by atoms with Gasteiger partial charge in [-0.05, 0) is 61.4 Å². The van der Waals surface area contributed by atoms with Gasteiger partial charge >= 0.3 is 0 Å². The predicted molar refractivity (Wildman–Crippen MR) is 180 cm³/mol. The van der Waals surface area contributed by atoms with Crippen molar-refractivity contribution in [1.29, 1.82) is 0 Å². The highest BCUT2D eigenvalue weighted by atomic mass is 32.1. The summed E-state index contributed by atoms with van der Waals surface area (Å²) in [5.74, 6) is 0.413. The number of benzene rings is 4. The molecule has 222 valence electrons. The number of hydrogen-bond donors (Lipinski definition) is 2. The normalized spacial score (nSPS) is 14.7. The molecule has 1 amide bonds. The smallest absolute Gasteiger partial charge is 0.271 e. The molecule has 7 nitrogen and oxygen atoms in total. The summed E-state index contributed by atoms with van der Waals surface area (Å²) < 4.78 is 7.86. The number of anilines is 1. The monoisotopic (exact) mass is 610 g/mol. The maximum absolute atomic E-state index is 14.4. The van der Waals surface area contributed by atoms with E-state index in [0.717, 1.165) is 39.0 Å². The van der Waals surface area contributed by atoms with E-state index in [1.54, 1.807) is 4.57 Å². The lowest BCUT2D eigenvalue weighted by molar-refractivity contribution is -0.113. The summed E-state index contributed by atoms with van der Waals surface area (Å²) >= 11 is 1.33. The first-order valence-corrected chi connectivity index (χ1v) is 15.6. The lowest BCUT2D eigenvalue weighted by Gasteiger charge is -2.25. The molecule has 0 saturated carbocycles. The van der Waals surface area contributed by atoms with Crippen molar-refractivity contribution in [3.8, 4) is 17.0 Å². The first kappa shape index (κ1) is 28.3. The second kappa shape index (κ2) is 11.9. The molecule has 2 N–H and O–H groups in total. The maximum atomic E-state index is 14.4. The molecule has 45 heavy (non-hydrogen) atoms. The molecule has 1 atom stereocenters. The molecule has 0 unspecified atom stereocenters. The fourth-order valence-electron chi connectivity index (χ4n) is 5.84.